The highest BCUT2D eigenvalue weighted by atomic mass is 16.5. The van der Waals surface area contributed by atoms with E-state index >= 15 is 0 Å². The Bertz CT molecular complexity index is 531. The summed E-state index contributed by atoms with van der Waals surface area (Å²) in [4.78, 5) is 13.9. The number of fused-ring (bicyclic) bond motifs is 1. The Balaban J connectivity index is 2.24. The van der Waals surface area contributed by atoms with E-state index in [1.807, 2.05) is 38.1 Å². The summed E-state index contributed by atoms with van der Waals surface area (Å²) in [6.07, 6.45) is 0.163. The first-order valence-electron chi connectivity index (χ1n) is 6.43. The zero-order valence-electron chi connectivity index (χ0n) is 11.5. The van der Waals surface area contributed by atoms with Gasteiger partial charge in [0.15, 0.2) is 6.10 Å². The molecular formula is C15H18N2O2. The third-order valence-electron chi connectivity index (χ3n) is 3.34. The topological polar surface area (TPSA) is 53.3 Å². The van der Waals surface area contributed by atoms with Crippen LogP contribution in [0.4, 0.5) is 5.69 Å². The van der Waals surface area contributed by atoms with Gasteiger partial charge in [-0.3, -0.25) is 4.79 Å². The Morgan fingerprint density at radius 1 is 1.42 bits per heavy atom. The Morgan fingerprint density at radius 2 is 2.11 bits per heavy atom. The van der Waals surface area contributed by atoms with Gasteiger partial charge in [0.05, 0.1) is 17.2 Å². The lowest BCUT2D eigenvalue weighted by atomic mass is 9.91. The van der Waals surface area contributed by atoms with Crippen LogP contribution in [0.1, 0.15) is 27.2 Å². The van der Waals surface area contributed by atoms with Crippen molar-refractivity contribution in [3.8, 4) is 11.8 Å². The fourth-order valence-electron chi connectivity index (χ4n) is 2.04. The molecule has 0 spiro atoms. The number of nitriles is 1. The van der Waals surface area contributed by atoms with Gasteiger partial charge in [0.25, 0.3) is 5.91 Å². The van der Waals surface area contributed by atoms with Crippen molar-refractivity contribution in [2.24, 2.45) is 5.41 Å². The van der Waals surface area contributed by atoms with E-state index in [9.17, 15) is 4.79 Å². The molecule has 2 rings (SSSR count). The van der Waals surface area contributed by atoms with E-state index in [2.05, 4.69) is 6.07 Å². The molecule has 4 nitrogen and oxygen atoms in total. The van der Waals surface area contributed by atoms with Crippen LogP contribution in [-0.2, 0) is 4.79 Å². The fraction of sp³-hybridized carbons (Fsp3) is 0.467. The second-order valence-electron chi connectivity index (χ2n) is 5.46. The molecule has 0 aliphatic carbocycles. The van der Waals surface area contributed by atoms with Crippen LogP contribution in [0.15, 0.2) is 24.3 Å². The number of amides is 1. The average Bonchev–Trinajstić information content (AvgIpc) is 2.39. The van der Waals surface area contributed by atoms with E-state index in [1.54, 1.807) is 11.8 Å². The van der Waals surface area contributed by atoms with Gasteiger partial charge < -0.3 is 9.64 Å². The maximum absolute atomic E-state index is 12.2. The minimum atomic E-state index is -0.472. The van der Waals surface area contributed by atoms with Crippen LogP contribution in [0.25, 0.3) is 0 Å². The number of hydrogen-bond acceptors (Lipinski definition) is 3. The maximum atomic E-state index is 12.2. The summed E-state index contributed by atoms with van der Waals surface area (Å²) in [6, 6.07) is 9.77. The van der Waals surface area contributed by atoms with Gasteiger partial charge in [0.1, 0.15) is 5.75 Å². The third kappa shape index (κ3) is 2.70. The normalized spacial score (nSPS) is 18.5. The number of rotatable bonds is 3. The molecule has 1 aromatic carbocycles. The zero-order valence-corrected chi connectivity index (χ0v) is 11.5. The van der Waals surface area contributed by atoms with Crippen LogP contribution in [-0.4, -0.2) is 18.6 Å². The second kappa shape index (κ2) is 4.93. The van der Waals surface area contributed by atoms with Gasteiger partial charge in [0, 0.05) is 6.54 Å². The number of nitrogens with zero attached hydrogens (tertiary/aromatic N) is 2. The zero-order chi connectivity index (χ0) is 14.0. The van der Waals surface area contributed by atoms with Crippen LogP contribution in [0.5, 0.6) is 5.75 Å². The van der Waals surface area contributed by atoms with Crippen LogP contribution in [0.3, 0.4) is 0 Å². The van der Waals surface area contributed by atoms with E-state index in [-0.39, 0.29) is 5.91 Å². The van der Waals surface area contributed by atoms with Gasteiger partial charge in [-0.1, -0.05) is 12.1 Å². The van der Waals surface area contributed by atoms with Gasteiger partial charge in [0.2, 0.25) is 0 Å². The van der Waals surface area contributed by atoms with Gasteiger partial charge >= 0.3 is 0 Å². The average molecular weight is 258 g/mol. The fourth-order valence-corrected chi connectivity index (χ4v) is 2.04. The molecule has 1 aliphatic rings. The van der Waals surface area contributed by atoms with E-state index in [4.69, 9.17) is 10.00 Å². The molecule has 0 aromatic heterocycles. The molecule has 0 N–H and O–H groups in total. The second-order valence-corrected chi connectivity index (χ2v) is 5.46. The SMILES string of the molecule is CC1Oc2ccccc2N(CCC(C)(C)C#N)C1=O. The molecule has 0 fully saturated rings. The predicted octanol–water partition coefficient (Wildman–Crippen LogP) is 2.74. The Hall–Kier alpha value is -2.02. The molecule has 0 saturated heterocycles. The molecule has 4 heteroatoms. The molecule has 1 aliphatic heterocycles. The lowest BCUT2D eigenvalue weighted by molar-refractivity contribution is -0.125. The predicted molar refractivity (Wildman–Crippen MR) is 72.9 cm³/mol. The summed E-state index contributed by atoms with van der Waals surface area (Å²) in [7, 11) is 0. The molecule has 0 radical (unpaired) electrons. The van der Waals surface area contributed by atoms with Crippen molar-refractivity contribution >= 4 is 11.6 Å². The Morgan fingerprint density at radius 3 is 2.79 bits per heavy atom. The summed E-state index contributed by atoms with van der Waals surface area (Å²) in [5.41, 5.74) is 0.357. The molecular weight excluding hydrogens is 240 g/mol. The lowest BCUT2D eigenvalue weighted by Crippen LogP contribution is -2.45. The summed E-state index contributed by atoms with van der Waals surface area (Å²) < 4.78 is 5.58. The first-order chi connectivity index (χ1) is 8.94. The molecule has 1 atom stereocenters. The molecule has 1 heterocycles. The first kappa shape index (κ1) is 13.4. The lowest BCUT2D eigenvalue weighted by Gasteiger charge is -2.34. The van der Waals surface area contributed by atoms with Crippen LogP contribution >= 0.6 is 0 Å². The first-order valence-corrected chi connectivity index (χ1v) is 6.43. The van der Waals surface area contributed by atoms with E-state index in [1.165, 1.54) is 0 Å². The highest BCUT2D eigenvalue weighted by molar-refractivity contribution is 5.99. The summed E-state index contributed by atoms with van der Waals surface area (Å²) in [5, 5.41) is 9.06. The van der Waals surface area contributed by atoms with E-state index in [0.717, 1.165) is 11.4 Å². The summed E-state index contributed by atoms with van der Waals surface area (Å²) in [5.74, 6) is 0.678. The number of hydrogen-bond donors (Lipinski definition) is 0. The standard InChI is InChI=1S/C15H18N2O2/c1-11-14(18)17(9-8-15(2,3)10-16)12-6-4-5-7-13(12)19-11/h4-7,11H,8-9H2,1-3H3. The van der Waals surface area contributed by atoms with Crippen LogP contribution in [0, 0.1) is 16.7 Å². The molecule has 1 unspecified atom stereocenters. The molecule has 19 heavy (non-hydrogen) atoms. The third-order valence-corrected chi connectivity index (χ3v) is 3.34. The Labute approximate surface area is 113 Å². The largest absolute Gasteiger partial charge is 0.479 e. The molecule has 1 amide bonds. The number of anilines is 1. The molecule has 1 aromatic rings. The highest BCUT2D eigenvalue weighted by Crippen LogP contribution is 2.34. The molecule has 100 valence electrons. The quantitative estimate of drug-likeness (QED) is 0.837. The van der Waals surface area contributed by atoms with Crippen molar-refractivity contribution < 1.29 is 9.53 Å². The highest BCUT2D eigenvalue weighted by Gasteiger charge is 2.32. The minimum Gasteiger partial charge on any atom is -0.479 e. The summed E-state index contributed by atoms with van der Waals surface area (Å²) in [6.45, 7) is 6.05. The smallest absolute Gasteiger partial charge is 0.267 e. The van der Waals surface area contributed by atoms with Gasteiger partial charge in [-0.15, -0.1) is 0 Å². The van der Waals surface area contributed by atoms with Crippen molar-refractivity contribution in [1.29, 1.82) is 5.26 Å². The van der Waals surface area contributed by atoms with Gasteiger partial charge in [-0.25, -0.2) is 0 Å². The van der Waals surface area contributed by atoms with E-state index < -0.39 is 11.5 Å². The van der Waals surface area contributed by atoms with Crippen molar-refractivity contribution in [2.75, 3.05) is 11.4 Å². The van der Waals surface area contributed by atoms with Crippen molar-refractivity contribution in [1.82, 2.24) is 0 Å². The number of carbonyl (C=O) groups is 1. The minimum absolute atomic E-state index is 0.0487. The van der Waals surface area contributed by atoms with Gasteiger partial charge in [-0.2, -0.15) is 5.26 Å². The van der Waals surface area contributed by atoms with E-state index in [0.29, 0.717) is 13.0 Å². The van der Waals surface area contributed by atoms with Gasteiger partial charge in [-0.05, 0) is 39.3 Å². The number of para-hydroxylation sites is 2. The monoisotopic (exact) mass is 258 g/mol. The maximum Gasteiger partial charge on any atom is 0.267 e. The van der Waals surface area contributed by atoms with Crippen LogP contribution in [0.2, 0.25) is 0 Å². The number of ether oxygens (including phenoxy) is 1. The molecule has 0 saturated carbocycles. The van der Waals surface area contributed by atoms with Crippen molar-refractivity contribution in [3.05, 3.63) is 24.3 Å². The van der Waals surface area contributed by atoms with Crippen LogP contribution < -0.4 is 9.64 Å². The molecule has 0 bridgehead atoms. The Kier molecular flexibility index (Phi) is 3.48. The van der Waals surface area contributed by atoms with Crippen molar-refractivity contribution in [2.45, 2.75) is 33.3 Å². The van der Waals surface area contributed by atoms with Crippen molar-refractivity contribution in [3.63, 3.8) is 0 Å². The summed E-state index contributed by atoms with van der Waals surface area (Å²) >= 11 is 0. The number of benzene rings is 1. The number of carbonyl (C=O) groups excluding carboxylic acids is 1.